The zero-order chi connectivity index (χ0) is 16.8. The van der Waals surface area contributed by atoms with E-state index in [0.29, 0.717) is 18.6 Å². The highest BCUT2D eigenvalue weighted by Gasteiger charge is 2.60. The number of alkyl halides is 2. The third-order valence-corrected chi connectivity index (χ3v) is 4.40. The number of rotatable bonds is 4. The lowest BCUT2D eigenvalue weighted by Crippen LogP contribution is -2.34. The number of aliphatic imine (C=N–C) groups is 1. The maximum Gasteiger partial charge on any atom is 0.282 e. The van der Waals surface area contributed by atoms with Crippen molar-refractivity contribution in [2.24, 2.45) is 16.6 Å². The number of carbonyl (C=O) groups is 1. The number of nitrogens with two attached hydrogens (primary N) is 1. The quantitative estimate of drug-likeness (QED) is 0.925. The fraction of sp³-hybridized carbons (Fsp3) is 0.500. The minimum absolute atomic E-state index is 0.0164. The Hall–Kier alpha value is -2.05. The monoisotopic (exact) mass is 326 g/mol. The van der Waals surface area contributed by atoms with Crippen LogP contribution in [0.5, 0.6) is 0 Å². The maximum absolute atomic E-state index is 14.2. The van der Waals surface area contributed by atoms with E-state index in [0.717, 1.165) is 0 Å². The first kappa shape index (κ1) is 15.8. The van der Waals surface area contributed by atoms with Crippen molar-refractivity contribution >= 4 is 11.8 Å². The number of ether oxygens (including phenoxy) is 1. The third-order valence-electron chi connectivity index (χ3n) is 4.40. The summed E-state index contributed by atoms with van der Waals surface area (Å²) in [5.41, 5.74) is 5.45. The lowest BCUT2D eigenvalue weighted by Gasteiger charge is -2.30. The van der Waals surface area contributed by atoms with Crippen molar-refractivity contribution in [2.75, 3.05) is 6.61 Å². The predicted molar refractivity (Wildman–Crippen MR) is 77.7 cm³/mol. The van der Waals surface area contributed by atoms with Gasteiger partial charge in [-0.25, -0.2) is 18.2 Å². The van der Waals surface area contributed by atoms with Crippen molar-refractivity contribution in [3.05, 3.63) is 35.1 Å². The van der Waals surface area contributed by atoms with Gasteiger partial charge in [0.15, 0.2) is 0 Å². The summed E-state index contributed by atoms with van der Waals surface area (Å²) in [7, 11) is 0. The van der Waals surface area contributed by atoms with Crippen LogP contribution in [0.2, 0.25) is 0 Å². The van der Waals surface area contributed by atoms with Gasteiger partial charge in [-0.1, -0.05) is 6.07 Å². The zero-order valence-corrected chi connectivity index (χ0v) is 12.6. The van der Waals surface area contributed by atoms with Crippen LogP contribution in [-0.2, 0) is 21.5 Å². The minimum atomic E-state index is -2.88. The number of hydrogen-bond acceptors (Lipinski definition) is 4. The standard InChI is InChI=1S/C16H17F3N2O2/c1-15(4-5-23-14(20)21-15)10-6-9(2-3-12(10)17)7-13(22)11-8-16(11,18)19/h2-3,6,11H,4-5,7-8H2,1H3,(H2,20,21)/t11?,15-/m0/s1. The van der Waals surface area contributed by atoms with E-state index in [9.17, 15) is 18.0 Å². The number of Topliss-reactive ketones (excluding diaryl/α,β-unsaturated/α-hetero) is 1. The van der Waals surface area contributed by atoms with Gasteiger partial charge in [0, 0.05) is 24.8 Å². The Morgan fingerprint density at radius 1 is 1.48 bits per heavy atom. The maximum atomic E-state index is 14.2. The molecule has 1 fully saturated rings. The molecule has 1 aliphatic heterocycles. The molecule has 23 heavy (non-hydrogen) atoms. The minimum Gasteiger partial charge on any atom is -0.465 e. The molecular formula is C16H17F3N2O2. The molecule has 1 aromatic rings. The summed E-state index contributed by atoms with van der Waals surface area (Å²) in [6, 6.07) is 4.16. The number of ketones is 1. The first-order valence-corrected chi connectivity index (χ1v) is 7.39. The van der Waals surface area contributed by atoms with Gasteiger partial charge in [-0.15, -0.1) is 0 Å². The smallest absolute Gasteiger partial charge is 0.282 e. The molecule has 0 amide bonds. The Morgan fingerprint density at radius 3 is 2.78 bits per heavy atom. The van der Waals surface area contributed by atoms with Gasteiger partial charge >= 0.3 is 0 Å². The van der Waals surface area contributed by atoms with E-state index in [1.807, 2.05) is 0 Å². The summed E-state index contributed by atoms with van der Waals surface area (Å²) in [6.45, 7) is 2.03. The topological polar surface area (TPSA) is 64.7 Å². The van der Waals surface area contributed by atoms with E-state index >= 15 is 0 Å². The van der Waals surface area contributed by atoms with Gasteiger partial charge in [0.2, 0.25) is 0 Å². The first-order valence-electron chi connectivity index (χ1n) is 7.39. The first-order chi connectivity index (χ1) is 10.7. The van der Waals surface area contributed by atoms with E-state index in [2.05, 4.69) is 4.99 Å². The molecule has 2 atom stereocenters. The lowest BCUT2D eigenvalue weighted by molar-refractivity contribution is -0.121. The van der Waals surface area contributed by atoms with Crippen molar-refractivity contribution in [1.82, 2.24) is 0 Å². The lowest BCUT2D eigenvalue weighted by atomic mass is 9.87. The van der Waals surface area contributed by atoms with Crippen molar-refractivity contribution < 1.29 is 22.7 Å². The predicted octanol–water partition coefficient (Wildman–Crippen LogP) is 2.54. The highest BCUT2D eigenvalue weighted by Crippen LogP contribution is 2.49. The zero-order valence-electron chi connectivity index (χ0n) is 12.6. The van der Waals surface area contributed by atoms with Gasteiger partial charge in [-0.3, -0.25) is 4.79 Å². The molecule has 1 unspecified atom stereocenters. The molecule has 2 N–H and O–H groups in total. The SMILES string of the molecule is C[C@@]1(c2cc(CC(=O)C3CC3(F)F)ccc2F)CCOC(N)=N1. The second kappa shape index (κ2) is 5.25. The molecule has 0 radical (unpaired) electrons. The van der Waals surface area contributed by atoms with Crippen molar-refractivity contribution in [1.29, 1.82) is 0 Å². The fourth-order valence-electron chi connectivity index (χ4n) is 2.86. The number of nitrogens with zero attached hydrogens (tertiary/aromatic N) is 1. The van der Waals surface area contributed by atoms with Crippen LogP contribution in [0, 0.1) is 11.7 Å². The number of carbonyl (C=O) groups excluding carboxylic acids is 1. The Kier molecular flexibility index (Phi) is 3.61. The van der Waals surface area contributed by atoms with Crippen LogP contribution in [-0.4, -0.2) is 24.3 Å². The van der Waals surface area contributed by atoms with Crippen LogP contribution in [0.25, 0.3) is 0 Å². The molecule has 1 heterocycles. The Bertz CT molecular complexity index is 690. The van der Waals surface area contributed by atoms with Crippen LogP contribution in [0.4, 0.5) is 13.2 Å². The molecule has 1 saturated carbocycles. The summed E-state index contributed by atoms with van der Waals surface area (Å²) < 4.78 is 45.2. The number of halogens is 3. The van der Waals surface area contributed by atoms with Crippen molar-refractivity contribution in [3.8, 4) is 0 Å². The van der Waals surface area contributed by atoms with Crippen LogP contribution in [0.1, 0.15) is 30.9 Å². The number of benzene rings is 1. The molecule has 1 aliphatic carbocycles. The van der Waals surface area contributed by atoms with Gasteiger partial charge in [0.05, 0.1) is 18.1 Å². The average molecular weight is 326 g/mol. The second-order valence-corrected chi connectivity index (χ2v) is 6.30. The Labute approximate surface area is 131 Å². The molecule has 0 aromatic heterocycles. The van der Waals surface area contributed by atoms with Crippen LogP contribution in [0.15, 0.2) is 23.2 Å². The van der Waals surface area contributed by atoms with Gasteiger partial charge in [0.1, 0.15) is 11.6 Å². The normalized spacial score (nSPS) is 28.7. The van der Waals surface area contributed by atoms with E-state index in [1.54, 1.807) is 6.92 Å². The molecule has 124 valence electrons. The van der Waals surface area contributed by atoms with E-state index < -0.39 is 35.4 Å². The van der Waals surface area contributed by atoms with Crippen molar-refractivity contribution in [2.45, 2.75) is 37.6 Å². The molecule has 0 spiro atoms. The summed E-state index contributed by atoms with van der Waals surface area (Å²) in [5.74, 6) is -5.08. The number of hydrogen-bond donors (Lipinski definition) is 1. The van der Waals surface area contributed by atoms with Crippen molar-refractivity contribution in [3.63, 3.8) is 0 Å². The summed E-state index contributed by atoms with van der Waals surface area (Å²) in [6.07, 6.45) is -0.0994. The van der Waals surface area contributed by atoms with Crippen LogP contribution >= 0.6 is 0 Å². The fourth-order valence-corrected chi connectivity index (χ4v) is 2.86. The molecule has 7 heteroatoms. The summed E-state index contributed by atoms with van der Waals surface area (Å²) >= 11 is 0. The highest BCUT2D eigenvalue weighted by molar-refractivity contribution is 5.87. The van der Waals surface area contributed by atoms with Gasteiger partial charge in [-0.05, 0) is 24.6 Å². The average Bonchev–Trinajstić information content (AvgIpc) is 3.10. The third kappa shape index (κ3) is 3.04. The van der Waals surface area contributed by atoms with E-state index in [-0.39, 0.29) is 18.0 Å². The van der Waals surface area contributed by atoms with Gasteiger partial charge in [-0.2, -0.15) is 0 Å². The molecule has 4 nitrogen and oxygen atoms in total. The molecule has 2 aliphatic rings. The van der Waals surface area contributed by atoms with E-state index in [1.165, 1.54) is 18.2 Å². The van der Waals surface area contributed by atoms with Gasteiger partial charge in [0.25, 0.3) is 11.9 Å². The molecule has 0 bridgehead atoms. The Balaban J connectivity index is 1.85. The molecule has 0 saturated heterocycles. The van der Waals surface area contributed by atoms with E-state index in [4.69, 9.17) is 10.5 Å². The second-order valence-electron chi connectivity index (χ2n) is 6.30. The largest absolute Gasteiger partial charge is 0.465 e. The Morgan fingerprint density at radius 2 is 2.17 bits per heavy atom. The number of amidine groups is 1. The molecule has 1 aromatic carbocycles. The highest BCUT2D eigenvalue weighted by atomic mass is 19.3. The van der Waals surface area contributed by atoms with Crippen LogP contribution < -0.4 is 5.73 Å². The van der Waals surface area contributed by atoms with Crippen LogP contribution in [0.3, 0.4) is 0 Å². The molecule has 3 rings (SSSR count). The summed E-state index contributed by atoms with van der Waals surface area (Å²) in [4.78, 5) is 16.0. The van der Waals surface area contributed by atoms with Gasteiger partial charge < -0.3 is 10.5 Å². The summed E-state index contributed by atoms with van der Waals surface area (Å²) in [5, 5.41) is 0. The molecular weight excluding hydrogens is 309 g/mol.